The molecular weight excluding hydrogens is 560 g/mol. The molecule has 0 saturated carbocycles. The Bertz CT molecular complexity index is 2560. The Labute approximate surface area is 265 Å². The van der Waals surface area contributed by atoms with E-state index in [4.69, 9.17) is 19.9 Å². The Kier molecular flexibility index (Phi) is 6.10. The molecule has 0 spiro atoms. The molecule has 0 fully saturated rings. The van der Waals surface area contributed by atoms with Crippen LogP contribution >= 0.6 is 0 Å². The highest BCUT2D eigenvalue weighted by molar-refractivity contribution is 6.20. The first-order chi connectivity index (χ1) is 22.8. The molecule has 4 nitrogen and oxygen atoms in total. The van der Waals surface area contributed by atoms with Gasteiger partial charge in [-0.3, -0.25) is 0 Å². The molecule has 0 N–H and O–H groups in total. The number of pyridine rings is 2. The lowest BCUT2D eigenvalue weighted by molar-refractivity contribution is 1.23. The van der Waals surface area contributed by atoms with Gasteiger partial charge >= 0.3 is 0 Å². The first-order valence-electron chi connectivity index (χ1n) is 15.4. The Hall–Kier alpha value is -6.26. The molecule has 46 heavy (non-hydrogen) atoms. The minimum Gasteiger partial charge on any atom is -0.247 e. The molecule has 214 valence electrons. The van der Waals surface area contributed by atoms with Crippen molar-refractivity contribution in [2.24, 2.45) is 0 Å². The molecule has 9 rings (SSSR count). The van der Waals surface area contributed by atoms with Gasteiger partial charge in [0.1, 0.15) is 0 Å². The molecule has 9 aromatic rings. The van der Waals surface area contributed by atoms with Crippen molar-refractivity contribution < 1.29 is 0 Å². The van der Waals surface area contributed by atoms with Crippen molar-refractivity contribution in [3.8, 4) is 45.2 Å². The number of hydrogen-bond acceptors (Lipinski definition) is 4. The van der Waals surface area contributed by atoms with E-state index in [-0.39, 0.29) is 0 Å². The second-order valence-corrected chi connectivity index (χ2v) is 11.5. The molecule has 0 aliphatic rings. The highest BCUT2D eigenvalue weighted by atomic mass is 14.9. The lowest BCUT2D eigenvalue weighted by Crippen LogP contribution is -1.96. The second kappa shape index (κ2) is 10.7. The fourth-order valence-corrected chi connectivity index (χ4v) is 6.41. The summed E-state index contributed by atoms with van der Waals surface area (Å²) in [6.07, 6.45) is 0. The minimum absolute atomic E-state index is 0.715. The average molecular weight is 587 g/mol. The molecule has 4 heteroatoms. The molecule has 3 aromatic heterocycles. The van der Waals surface area contributed by atoms with Gasteiger partial charge < -0.3 is 0 Å². The third-order valence-electron chi connectivity index (χ3n) is 8.66. The van der Waals surface area contributed by atoms with Crippen LogP contribution < -0.4 is 0 Å². The molecule has 0 aliphatic carbocycles. The number of hydrogen-bond donors (Lipinski definition) is 0. The standard InChI is InChI=1S/C42H26N4/c1-3-11-27(12-4-1)35-26-24-30-23-25-33-32-15-7-9-17-36(32)44-41(38(33)40(30)43-35)29-21-19-28(20-22-29)39-34-16-8-10-18-37(34)45-42(46-39)31-13-5-2-6-14-31/h1-26H. The van der Waals surface area contributed by atoms with E-state index in [0.717, 1.165) is 82.8 Å². The molecule has 3 heterocycles. The maximum Gasteiger partial charge on any atom is 0.160 e. The van der Waals surface area contributed by atoms with Gasteiger partial charge in [0, 0.05) is 43.8 Å². The monoisotopic (exact) mass is 586 g/mol. The fourth-order valence-electron chi connectivity index (χ4n) is 6.41. The molecule has 0 atom stereocenters. The average Bonchev–Trinajstić information content (AvgIpc) is 3.14. The van der Waals surface area contributed by atoms with Crippen molar-refractivity contribution >= 4 is 43.5 Å². The summed E-state index contributed by atoms with van der Waals surface area (Å²) in [5, 5.41) is 5.42. The van der Waals surface area contributed by atoms with E-state index in [1.165, 1.54) is 0 Å². The van der Waals surface area contributed by atoms with Crippen LogP contribution in [0, 0.1) is 0 Å². The zero-order valence-electron chi connectivity index (χ0n) is 24.8. The molecule has 0 aliphatic heterocycles. The summed E-state index contributed by atoms with van der Waals surface area (Å²) in [5.41, 5.74) is 9.74. The third kappa shape index (κ3) is 4.39. The van der Waals surface area contributed by atoms with E-state index in [1.54, 1.807) is 0 Å². The van der Waals surface area contributed by atoms with Crippen molar-refractivity contribution in [2.45, 2.75) is 0 Å². The van der Waals surface area contributed by atoms with Crippen molar-refractivity contribution in [2.75, 3.05) is 0 Å². The van der Waals surface area contributed by atoms with E-state index in [0.29, 0.717) is 5.82 Å². The summed E-state index contributed by atoms with van der Waals surface area (Å²) < 4.78 is 0. The molecule has 0 amide bonds. The fraction of sp³-hybridized carbons (Fsp3) is 0. The molecular formula is C42H26N4. The second-order valence-electron chi connectivity index (χ2n) is 11.5. The van der Waals surface area contributed by atoms with Crippen molar-refractivity contribution in [1.29, 1.82) is 0 Å². The van der Waals surface area contributed by atoms with Crippen LogP contribution in [-0.4, -0.2) is 19.9 Å². The molecule has 6 aromatic carbocycles. The Morgan fingerprint density at radius 1 is 0.326 bits per heavy atom. The van der Waals surface area contributed by atoms with Gasteiger partial charge in [-0.15, -0.1) is 0 Å². The van der Waals surface area contributed by atoms with Gasteiger partial charge in [0.15, 0.2) is 5.82 Å². The summed E-state index contributed by atoms with van der Waals surface area (Å²) in [7, 11) is 0. The first kappa shape index (κ1) is 26.2. The zero-order valence-corrected chi connectivity index (χ0v) is 24.8. The minimum atomic E-state index is 0.715. The number of fused-ring (bicyclic) bond motifs is 6. The van der Waals surface area contributed by atoms with Crippen molar-refractivity contribution in [3.05, 3.63) is 158 Å². The highest BCUT2D eigenvalue weighted by Gasteiger charge is 2.17. The van der Waals surface area contributed by atoms with Crippen molar-refractivity contribution in [3.63, 3.8) is 0 Å². The predicted octanol–water partition coefficient (Wildman–Crippen LogP) is 10.5. The third-order valence-corrected chi connectivity index (χ3v) is 8.66. The maximum absolute atomic E-state index is 5.27. The van der Waals surface area contributed by atoms with Crippen LogP contribution in [0.25, 0.3) is 88.6 Å². The topological polar surface area (TPSA) is 51.6 Å². The molecule has 0 unspecified atom stereocenters. The van der Waals surface area contributed by atoms with Crippen molar-refractivity contribution in [1.82, 2.24) is 19.9 Å². The molecule has 0 radical (unpaired) electrons. The Morgan fingerprint density at radius 3 is 1.65 bits per heavy atom. The Balaban J connectivity index is 1.26. The highest BCUT2D eigenvalue weighted by Crippen LogP contribution is 2.38. The van der Waals surface area contributed by atoms with Crippen LogP contribution in [0.5, 0.6) is 0 Å². The predicted molar refractivity (Wildman–Crippen MR) is 189 cm³/mol. The van der Waals surface area contributed by atoms with Crippen LogP contribution in [0.4, 0.5) is 0 Å². The van der Waals surface area contributed by atoms with Gasteiger partial charge in [0.2, 0.25) is 0 Å². The summed E-state index contributed by atoms with van der Waals surface area (Å²) in [6, 6.07) is 54.3. The van der Waals surface area contributed by atoms with Crippen LogP contribution in [0.2, 0.25) is 0 Å². The lowest BCUT2D eigenvalue weighted by Gasteiger charge is -2.14. The maximum atomic E-state index is 5.27. The smallest absolute Gasteiger partial charge is 0.160 e. The lowest BCUT2D eigenvalue weighted by atomic mass is 9.96. The van der Waals surface area contributed by atoms with Gasteiger partial charge in [-0.05, 0) is 23.6 Å². The molecule has 0 saturated heterocycles. The first-order valence-corrected chi connectivity index (χ1v) is 15.4. The SMILES string of the molecule is c1ccc(-c2ccc3ccc4c5ccccc5nc(-c5ccc(-c6nc(-c7ccccc7)nc7ccccc67)cc5)c4c3n2)cc1. The number of benzene rings is 6. The van der Waals surface area contributed by atoms with Gasteiger partial charge in [-0.25, -0.2) is 19.9 Å². The van der Waals surface area contributed by atoms with E-state index in [2.05, 4.69) is 109 Å². The largest absolute Gasteiger partial charge is 0.247 e. The zero-order chi connectivity index (χ0) is 30.5. The van der Waals surface area contributed by atoms with E-state index < -0.39 is 0 Å². The van der Waals surface area contributed by atoms with Crippen LogP contribution in [0.3, 0.4) is 0 Å². The van der Waals surface area contributed by atoms with Crippen LogP contribution in [-0.2, 0) is 0 Å². The van der Waals surface area contributed by atoms with Gasteiger partial charge in [-0.2, -0.15) is 0 Å². The van der Waals surface area contributed by atoms with Crippen LogP contribution in [0.1, 0.15) is 0 Å². The summed E-state index contributed by atoms with van der Waals surface area (Å²) >= 11 is 0. The molecule has 0 bridgehead atoms. The summed E-state index contributed by atoms with van der Waals surface area (Å²) in [4.78, 5) is 20.5. The van der Waals surface area contributed by atoms with Gasteiger partial charge in [-0.1, -0.05) is 140 Å². The Morgan fingerprint density at radius 2 is 0.913 bits per heavy atom. The number of rotatable bonds is 4. The summed E-state index contributed by atoms with van der Waals surface area (Å²) in [6.45, 7) is 0. The van der Waals surface area contributed by atoms with Gasteiger partial charge in [0.05, 0.1) is 33.6 Å². The van der Waals surface area contributed by atoms with E-state index >= 15 is 0 Å². The van der Waals surface area contributed by atoms with E-state index in [9.17, 15) is 0 Å². The normalized spacial score (nSPS) is 11.5. The van der Waals surface area contributed by atoms with Crippen LogP contribution in [0.15, 0.2) is 158 Å². The number of para-hydroxylation sites is 2. The quantitative estimate of drug-likeness (QED) is 0.193. The number of nitrogens with zero attached hydrogens (tertiary/aromatic N) is 4. The number of aromatic nitrogens is 4. The van der Waals surface area contributed by atoms with Gasteiger partial charge in [0.25, 0.3) is 0 Å². The summed E-state index contributed by atoms with van der Waals surface area (Å²) in [5.74, 6) is 0.715. The van der Waals surface area contributed by atoms with E-state index in [1.807, 2.05) is 48.5 Å².